The third kappa shape index (κ3) is 8.51. The Kier molecular flexibility index (Phi) is 11.8. The van der Waals surface area contributed by atoms with Crippen LogP contribution in [0, 0.1) is 0 Å². The van der Waals surface area contributed by atoms with Gasteiger partial charge in [0.2, 0.25) is 10.0 Å². The summed E-state index contributed by atoms with van der Waals surface area (Å²) in [7, 11) is -6.16. The topological polar surface area (TPSA) is 232 Å². The number of aliphatic hydroxyl groups is 2. The first-order valence-corrected chi connectivity index (χ1v) is 18.3. The van der Waals surface area contributed by atoms with E-state index in [2.05, 4.69) is 25.8 Å². The second kappa shape index (κ2) is 16.2. The van der Waals surface area contributed by atoms with Gasteiger partial charge >= 0.3 is 0 Å². The second-order valence-electron chi connectivity index (χ2n) is 10.9. The second-order valence-corrected chi connectivity index (χ2v) is 14.2. The van der Waals surface area contributed by atoms with Gasteiger partial charge < -0.3 is 30.1 Å². The van der Waals surface area contributed by atoms with E-state index in [-0.39, 0.29) is 51.9 Å². The number of azo groups is 2. The Balaban J connectivity index is 1.45. The number of phenolic OH excluding ortho intramolecular Hbond substituents is 1. The van der Waals surface area contributed by atoms with E-state index in [1.165, 1.54) is 56.7 Å². The summed E-state index contributed by atoms with van der Waals surface area (Å²) in [5.41, 5.74) is 1.39. The standard InChI is InChI=1S/C34H34N6O10S2/c1-49-30-21-29(31(50-2)20-28(30)37-36-24-8-11-26(12-9-24)51(44,45)40(14-16-41)15-17-42)38-39-33-32(52(46,47)48)19-22-18-25(10-13-27(22)34(33)43)35-23-6-4-3-5-7-23/h3-13,18-21,35,41-43H,14-17H2,1-2H3,(H,46,47,48)/b37-36+,39-38+. The molecule has 0 bridgehead atoms. The molecule has 272 valence electrons. The molecule has 0 fully saturated rings. The number of ether oxygens (including phenoxy) is 2. The average molecular weight is 751 g/mol. The fourth-order valence-electron chi connectivity index (χ4n) is 5.06. The highest BCUT2D eigenvalue weighted by atomic mass is 32.2. The fraction of sp³-hybridized carbons (Fsp3) is 0.176. The van der Waals surface area contributed by atoms with Crippen molar-refractivity contribution < 1.29 is 46.2 Å². The van der Waals surface area contributed by atoms with Crippen LogP contribution in [-0.2, 0) is 20.1 Å². The zero-order chi connectivity index (χ0) is 37.5. The molecule has 0 aromatic heterocycles. The molecule has 0 spiro atoms. The van der Waals surface area contributed by atoms with Gasteiger partial charge in [0, 0.05) is 42.0 Å². The average Bonchev–Trinajstić information content (AvgIpc) is 3.13. The summed E-state index contributed by atoms with van der Waals surface area (Å²) in [5, 5.41) is 49.8. The summed E-state index contributed by atoms with van der Waals surface area (Å²) < 4.78 is 72.6. The van der Waals surface area contributed by atoms with E-state index in [1.54, 1.807) is 18.2 Å². The number of aromatic hydroxyl groups is 1. The van der Waals surface area contributed by atoms with Crippen molar-refractivity contribution in [3.05, 3.63) is 91.0 Å². The summed E-state index contributed by atoms with van der Waals surface area (Å²) >= 11 is 0. The van der Waals surface area contributed by atoms with Gasteiger partial charge in [0.25, 0.3) is 10.1 Å². The third-order valence-electron chi connectivity index (χ3n) is 7.58. The van der Waals surface area contributed by atoms with E-state index in [0.717, 1.165) is 9.99 Å². The van der Waals surface area contributed by atoms with Crippen molar-refractivity contribution in [1.82, 2.24) is 4.31 Å². The number of sulfonamides is 1. The maximum Gasteiger partial charge on any atom is 0.296 e. The Morgan fingerprint density at radius 2 is 1.31 bits per heavy atom. The van der Waals surface area contributed by atoms with E-state index < -0.39 is 49.7 Å². The predicted octanol–water partition coefficient (Wildman–Crippen LogP) is 6.36. The molecule has 0 heterocycles. The first-order chi connectivity index (χ1) is 24.9. The number of phenols is 1. The zero-order valence-electron chi connectivity index (χ0n) is 27.8. The first kappa shape index (κ1) is 37.7. The molecule has 52 heavy (non-hydrogen) atoms. The number of methoxy groups -OCH3 is 2. The van der Waals surface area contributed by atoms with Gasteiger partial charge in [-0.25, -0.2) is 8.42 Å². The van der Waals surface area contributed by atoms with E-state index in [9.17, 15) is 36.7 Å². The number of nitrogens with zero attached hydrogens (tertiary/aromatic N) is 5. The number of nitrogens with one attached hydrogen (secondary N) is 1. The largest absolute Gasteiger partial charge is 0.505 e. The lowest BCUT2D eigenvalue weighted by Crippen LogP contribution is -2.35. The quantitative estimate of drug-likeness (QED) is 0.0583. The van der Waals surface area contributed by atoms with Crippen LogP contribution in [0.1, 0.15) is 0 Å². The van der Waals surface area contributed by atoms with Gasteiger partial charge in [0.1, 0.15) is 33.5 Å². The summed E-state index contributed by atoms with van der Waals surface area (Å²) in [4.78, 5) is -0.746. The highest BCUT2D eigenvalue weighted by molar-refractivity contribution is 7.89. The normalized spacial score (nSPS) is 12.3. The molecule has 0 aliphatic carbocycles. The minimum Gasteiger partial charge on any atom is -0.505 e. The SMILES string of the molecule is COc1cc(/N=N/c2c(S(=O)(=O)O)cc3cc(Nc4ccccc4)ccc3c2O)c(OC)cc1/N=N/c1ccc(S(=O)(=O)N(CCO)CCO)cc1. The number of benzene rings is 5. The van der Waals surface area contributed by atoms with Crippen LogP contribution in [0.5, 0.6) is 17.2 Å². The molecule has 16 nitrogen and oxygen atoms in total. The van der Waals surface area contributed by atoms with Gasteiger partial charge in [0.05, 0.1) is 38.0 Å². The number of rotatable bonds is 15. The first-order valence-electron chi connectivity index (χ1n) is 15.4. The highest BCUT2D eigenvalue weighted by Gasteiger charge is 2.24. The number of anilines is 2. The van der Waals surface area contributed by atoms with Crippen molar-refractivity contribution in [2.24, 2.45) is 20.5 Å². The maximum atomic E-state index is 12.9. The number of hydrogen-bond donors (Lipinski definition) is 5. The van der Waals surface area contributed by atoms with Gasteiger partial charge in [-0.05, 0) is 66.0 Å². The Hall–Kier alpha value is -5.50. The number of hydrogen-bond acceptors (Lipinski definition) is 14. The minimum atomic E-state index is -4.89. The van der Waals surface area contributed by atoms with Crippen LogP contribution in [0.25, 0.3) is 10.8 Å². The van der Waals surface area contributed by atoms with Gasteiger partial charge in [-0.15, -0.1) is 15.3 Å². The van der Waals surface area contributed by atoms with Crippen LogP contribution < -0.4 is 14.8 Å². The van der Waals surface area contributed by atoms with Crippen molar-refractivity contribution >= 4 is 65.0 Å². The Morgan fingerprint density at radius 3 is 1.87 bits per heavy atom. The number of para-hydroxylation sites is 1. The van der Waals surface area contributed by atoms with Crippen LogP contribution in [0.3, 0.4) is 0 Å². The molecule has 0 radical (unpaired) electrons. The smallest absolute Gasteiger partial charge is 0.296 e. The molecule has 0 aliphatic rings. The van der Waals surface area contributed by atoms with E-state index in [1.807, 2.05) is 30.3 Å². The predicted molar refractivity (Wildman–Crippen MR) is 192 cm³/mol. The van der Waals surface area contributed by atoms with E-state index in [4.69, 9.17) is 9.47 Å². The van der Waals surface area contributed by atoms with Crippen LogP contribution >= 0.6 is 0 Å². The Bertz CT molecular complexity index is 2330. The third-order valence-corrected chi connectivity index (χ3v) is 10.4. The lowest BCUT2D eigenvalue weighted by molar-refractivity contribution is 0.217. The maximum absolute atomic E-state index is 12.9. The molecule has 0 saturated carbocycles. The number of fused-ring (bicyclic) bond motifs is 1. The molecule has 0 amide bonds. The molecule has 5 rings (SSSR count). The summed E-state index contributed by atoms with van der Waals surface area (Å²) in [5.74, 6) is -0.277. The molecule has 5 aromatic carbocycles. The molecule has 18 heteroatoms. The minimum absolute atomic E-state index is 0.0476. The van der Waals surface area contributed by atoms with Crippen LogP contribution in [0.4, 0.5) is 34.1 Å². The van der Waals surface area contributed by atoms with Gasteiger partial charge in [-0.3, -0.25) is 4.55 Å². The van der Waals surface area contributed by atoms with E-state index in [0.29, 0.717) is 11.1 Å². The molecular weight excluding hydrogens is 717 g/mol. The Labute approximate surface area is 299 Å². The monoisotopic (exact) mass is 750 g/mol. The van der Waals surface area contributed by atoms with Gasteiger partial charge in [-0.1, -0.05) is 18.2 Å². The van der Waals surface area contributed by atoms with Gasteiger partial charge in [-0.2, -0.15) is 17.8 Å². The van der Waals surface area contributed by atoms with E-state index >= 15 is 0 Å². The number of aliphatic hydroxyl groups excluding tert-OH is 2. The van der Waals surface area contributed by atoms with Crippen LogP contribution in [-0.4, -0.2) is 81.5 Å². The Morgan fingerprint density at radius 1 is 0.712 bits per heavy atom. The molecular formula is C34H34N6O10S2. The molecule has 0 saturated heterocycles. The van der Waals surface area contributed by atoms with Crippen LogP contribution in [0.2, 0.25) is 0 Å². The molecule has 5 aromatic rings. The molecule has 0 aliphatic heterocycles. The van der Waals surface area contributed by atoms with Crippen molar-refractivity contribution in [2.45, 2.75) is 9.79 Å². The van der Waals surface area contributed by atoms with Crippen molar-refractivity contribution in [3.8, 4) is 17.2 Å². The van der Waals surface area contributed by atoms with Crippen molar-refractivity contribution in [3.63, 3.8) is 0 Å². The zero-order valence-corrected chi connectivity index (χ0v) is 29.4. The molecule has 0 atom stereocenters. The lowest BCUT2D eigenvalue weighted by atomic mass is 10.1. The summed E-state index contributed by atoms with van der Waals surface area (Å²) in [6, 6.07) is 23.6. The van der Waals surface area contributed by atoms with Crippen molar-refractivity contribution in [2.75, 3.05) is 45.8 Å². The fourth-order valence-corrected chi connectivity index (χ4v) is 7.14. The lowest BCUT2D eigenvalue weighted by Gasteiger charge is -2.20. The van der Waals surface area contributed by atoms with Crippen LogP contribution in [0.15, 0.2) is 121 Å². The molecule has 0 unspecified atom stereocenters. The summed E-state index contributed by atoms with van der Waals surface area (Å²) in [6.45, 7) is -1.19. The summed E-state index contributed by atoms with van der Waals surface area (Å²) in [6.07, 6.45) is 0. The van der Waals surface area contributed by atoms with Gasteiger partial charge in [0.15, 0.2) is 5.75 Å². The van der Waals surface area contributed by atoms with Crippen molar-refractivity contribution in [1.29, 1.82) is 0 Å². The highest BCUT2D eigenvalue weighted by Crippen LogP contribution is 2.45. The molecule has 5 N–H and O–H groups in total.